The molecule has 0 unspecified atom stereocenters. The second kappa shape index (κ2) is 7.40. The highest BCUT2D eigenvalue weighted by Gasteiger charge is 2.26. The fraction of sp³-hybridized carbons (Fsp3) is 0.529. The Hall–Kier alpha value is -0.890. The summed E-state index contributed by atoms with van der Waals surface area (Å²) in [7, 11) is -3.99. The van der Waals surface area contributed by atoms with Gasteiger partial charge in [0.05, 0.1) is 6.16 Å². The molecule has 21 heavy (non-hydrogen) atoms. The molecular weight excluding hydrogens is 283 g/mol. The highest BCUT2D eigenvalue weighted by atomic mass is 31.2. The van der Waals surface area contributed by atoms with E-state index in [1.54, 1.807) is 12.2 Å². The number of allylic oxidation sites excluding steroid dienone is 7. The molecule has 0 aromatic heterocycles. The molecule has 3 nitrogen and oxygen atoms in total. The van der Waals surface area contributed by atoms with E-state index in [4.69, 9.17) is 9.79 Å². The van der Waals surface area contributed by atoms with Crippen molar-refractivity contribution in [2.24, 2.45) is 5.41 Å². The van der Waals surface area contributed by atoms with Crippen molar-refractivity contribution in [1.82, 2.24) is 0 Å². The molecule has 0 fully saturated rings. The van der Waals surface area contributed by atoms with Crippen molar-refractivity contribution in [3.63, 3.8) is 0 Å². The third-order valence-corrected chi connectivity index (χ3v) is 4.64. The predicted octanol–water partition coefficient (Wildman–Crippen LogP) is 4.75. The summed E-state index contributed by atoms with van der Waals surface area (Å²) in [6.45, 7) is 10.4. The SMILES string of the molecule is C=CCC(C=CC1=C(C)CCCC1(C)C)=CCP(=O)(O)O. The normalized spacial score (nSPS) is 20.1. The minimum atomic E-state index is -3.99. The van der Waals surface area contributed by atoms with Gasteiger partial charge in [0.15, 0.2) is 0 Å². The van der Waals surface area contributed by atoms with Gasteiger partial charge in [-0.1, -0.05) is 43.7 Å². The zero-order valence-corrected chi connectivity index (χ0v) is 14.2. The highest BCUT2D eigenvalue weighted by Crippen LogP contribution is 2.41. The summed E-state index contributed by atoms with van der Waals surface area (Å²) in [5.41, 5.74) is 3.83. The Labute approximate surface area is 128 Å². The summed E-state index contributed by atoms with van der Waals surface area (Å²) < 4.78 is 11.0. The maximum absolute atomic E-state index is 11.0. The van der Waals surface area contributed by atoms with Crippen LogP contribution in [0, 0.1) is 5.41 Å². The molecule has 1 aliphatic rings. The molecule has 1 aliphatic carbocycles. The van der Waals surface area contributed by atoms with E-state index in [9.17, 15) is 4.57 Å². The van der Waals surface area contributed by atoms with Gasteiger partial charge in [0.25, 0.3) is 0 Å². The van der Waals surface area contributed by atoms with Gasteiger partial charge in [-0.15, -0.1) is 6.58 Å². The minimum absolute atomic E-state index is 0.168. The monoisotopic (exact) mass is 310 g/mol. The second-order valence-electron chi connectivity index (χ2n) is 6.38. The molecule has 4 heteroatoms. The lowest BCUT2D eigenvalue weighted by Crippen LogP contribution is -2.19. The molecule has 0 atom stereocenters. The van der Waals surface area contributed by atoms with Crippen LogP contribution in [0.3, 0.4) is 0 Å². The van der Waals surface area contributed by atoms with E-state index in [0.717, 1.165) is 12.0 Å². The van der Waals surface area contributed by atoms with Crippen molar-refractivity contribution >= 4 is 7.60 Å². The molecule has 118 valence electrons. The van der Waals surface area contributed by atoms with Crippen LogP contribution in [0.25, 0.3) is 0 Å². The van der Waals surface area contributed by atoms with E-state index in [1.165, 1.54) is 24.0 Å². The Morgan fingerprint density at radius 3 is 2.62 bits per heavy atom. The van der Waals surface area contributed by atoms with E-state index in [0.29, 0.717) is 6.42 Å². The first-order valence-electron chi connectivity index (χ1n) is 7.38. The Morgan fingerprint density at radius 1 is 1.43 bits per heavy atom. The molecule has 2 N–H and O–H groups in total. The van der Waals surface area contributed by atoms with Crippen LogP contribution in [0.1, 0.15) is 46.5 Å². The lowest BCUT2D eigenvalue weighted by atomic mass is 9.72. The first kappa shape index (κ1) is 18.2. The largest absolute Gasteiger partial charge is 0.329 e. The molecule has 0 aromatic carbocycles. The van der Waals surface area contributed by atoms with E-state index < -0.39 is 7.60 Å². The molecule has 0 heterocycles. The second-order valence-corrected chi connectivity index (χ2v) is 8.08. The quantitative estimate of drug-likeness (QED) is 0.423. The van der Waals surface area contributed by atoms with Crippen molar-refractivity contribution in [1.29, 1.82) is 0 Å². The molecule has 0 aliphatic heterocycles. The zero-order chi connectivity index (χ0) is 16.1. The minimum Gasteiger partial charge on any atom is -0.324 e. The Balaban J connectivity index is 2.97. The van der Waals surface area contributed by atoms with Crippen LogP contribution >= 0.6 is 7.60 Å². The van der Waals surface area contributed by atoms with E-state index in [1.807, 2.05) is 6.08 Å². The average Bonchev–Trinajstić information content (AvgIpc) is 2.33. The van der Waals surface area contributed by atoms with Gasteiger partial charge in [-0.3, -0.25) is 4.57 Å². The van der Waals surface area contributed by atoms with Crippen LogP contribution in [0.15, 0.2) is 47.6 Å². The summed E-state index contributed by atoms with van der Waals surface area (Å²) in [5, 5.41) is 0. The van der Waals surface area contributed by atoms with Gasteiger partial charge in [-0.2, -0.15) is 0 Å². The molecular formula is C17H27O3P. The molecule has 1 rings (SSSR count). The van der Waals surface area contributed by atoms with Crippen molar-refractivity contribution in [2.45, 2.75) is 46.5 Å². The van der Waals surface area contributed by atoms with E-state index in [-0.39, 0.29) is 11.6 Å². The fourth-order valence-corrected chi connectivity index (χ4v) is 3.30. The Bertz CT molecular complexity index is 518. The summed E-state index contributed by atoms with van der Waals surface area (Å²) in [6.07, 6.45) is 11.4. The lowest BCUT2D eigenvalue weighted by molar-refractivity contribution is 0.376. The third kappa shape index (κ3) is 6.17. The van der Waals surface area contributed by atoms with Crippen LogP contribution in [-0.4, -0.2) is 15.9 Å². The van der Waals surface area contributed by atoms with Crippen molar-refractivity contribution in [2.75, 3.05) is 6.16 Å². The van der Waals surface area contributed by atoms with Crippen LogP contribution in [0.2, 0.25) is 0 Å². The van der Waals surface area contributed by atoms with Crippen LogP contribution in [0.5, 0.6) is 0 Å². The zero-order valence-electron chi connectivity index (χ0n) is 13.3. The van der Waals surface area contributed by atoms with Gasteiger partial charge in [0.2, 0.25) is 0 Å². The first-order chi connectivity index (χ1) is 9.65. The molecule has 0 amide bonds. The van der Waals surface area contributed by atoms with Crippen molar-refractivity contribution < 1.29 is 14.4 Å². The fourth-order valence-electron chi connectivity index (χ4n) is 2.82. The first-order valence-corrected chi connectivity index (χ1v) is 9.18. The summed E-state index contributed by atoms with van der Waals surface area (Å²) >= 11 is 0. The molecule has 0 bridgehead atoms. The molecule has 0 saturated heterocycles. The topological polar surface area (TPSA) is 57.5 Å². The number of hydrogen-bond donors (Lipinski definition) is 2. The Kier molecular flexibility index (Phi) is 6.40. The molecule has 0 saturated carbocycles. The summed E-state index contributed by atoms with van der Waals surface area (Å²) in [5.74, 6) is 0. The van der Waals surface area contributed by atoms with Gasteiger partial charge >= 0.3 is 7.60 Å². The van der Waals surface area contributed by atoms with Gasteiger partial charge in [0.1, 0.15) is 0 Å². The summed E-state index contributed by atoms with van der Waals surface area (Å²) in [6, 6.07) is 0. The molecule has 0 aromatic rings. The summed E-state index contributed by atoms with van der Waals surface area (Å²) in [4.78, 5) is 18.0. The predicted molar refractivity (Wildman–Crippen MR) is 89.3 cm³/mol. The molecule has 0 radical (unpaired) electrons. The highest BCUT2D eigenvalue weighted by molar-refractivity contribution is 7.51. The average molecular weight is 310 g/mol. The standard InChI is InChI=1S/C17H27O3P/c1-5-7-15(11-13-21(18,19)20)9-10-16-14(2)8-6-12-17(16,3)4/h5,9-11H,1,6-8,12-13H2,2-4H3,(H2,18,19,20). The third-order valence-electron chi connectivity index (χ3n) is 3.98. The van der Waals surface area contributed by atoms with Crippen LogP contribution in [0.4, 0.5) is 0 Å². The smallest absolute Gasteiger partial charge is 0.324 e. The maximum Gasteiger partial charge on any atom is 0.329 e. The van der Waals surface area contributed by atoms with Gasteiger partial charge in [-0.25, -0.2) is 0 Å². The van der Waals surface area contributed by atoms with Gasteiger partial charge in [-0.05, 0) is 49.2 Å². The van der Waals surface area contributed by atoms with Gasteiger partial charge < -0.3 is 9.79 Å². The lowest BCUT2D eigenvalue weighted by Gasteiger charge is -2.33. The van der Waals surface area contributed by atoms with Crippen molar-refractivity contribution in [3.8, 4) is 0 Å². The van der Waals surface area contributed by atoms with Crippen LogP contribution in [-0.2, 0) is 4.57 Å². The number of hydrogen-bond acceptors (Lipinski definition) is 1. The van der Waals surface area contributed by atoms with Gasteiger partial charge in [0, 0.05) is 0 Å². The molecule has 0 spiro atoms. The van der Waals surface area contributed by atoms with E-state index >= 15 is 0 Å². The number of rotatable bonds is 6. The maximum atomic E-state index is 11.0. The van der Waals surface area contributed by atoms with Crippen molar-refractivity contribution in [3.05, 3.63) is 47.6 Å². The van der Waals surface area contributed by atoms with Crippen LogP contribution < -0.4 is 0 Å². The van der Waals surface area contributed by atoms with E-state index in [2.05, 4.69) is 33.4 Å². The Morgan fingerprint density at radius 2 is 2.10 bits per heavy atom.